The Labute approximate surface area is 113 Å². The van der Waals surface area contributed by atoms with Gasteiger partial charge in [0.1, 0.15) is 12.2 Å². The van der Waals surface area contributed by atoms with Crippen LogP contribution < -0.4 is 0 Å². The second-order valence-corrected chi connectivity index (χ2v) is 5.34. The number of ether oxygens (including phenoxy) is 1. The van der Waals surface area contributed by atoms with E-state index >= 15 is 0 Å². The fraction of sp³-hybridized carbons (Fsp3) is 0.533. The van der Waals surface area contributed by atoms with Gasteiger partial charge in [-0.25, -0.2) is 9.68 Å². The lowest BCUT2D eigenvalue weighted by molar-refractivity contribution is -0.270. The van der Waals surface area contributed by atoms with Gasteiger partial charge < -0.3 is 4.74 Å². The smallest absolute Gasteiger partial charge is 0.334 e. The zero-order valence-electron chi connectivity index (χ0n) is 11.2. The molecule has 1 aliphatic heterocycles. The van der Waals surface area contributed by atoms with Gasteiger partial charge in [-0.2, -0.15) is 0 Å². The maximum absolute atomic E-state index is 11.6. The van der Waals surface area contributed by atoms with E-state index in [0.29, 0.717) is 18.4 Å². The van der Waals surface area contributed by atoms with Crippen LogP contribution in [0.5, 0.6) is 0 Å². The SMILES string of the molecule is C=C1CC[C@H]2C(=C)C(=O)O[C@@H]2/C=C(\C)CC[C@H]1OO. The van der Waals surface area contributed by atoms with Gasteiger partial charge in [-0.1, -0.05) is 18.7 Å². The van der Waals surface area contributed by atoms with E-state index in [4.69, 9.17) is 9.99 Å². The summed E-state index contributed by atoms with van der Waals surface area (Å²) in [5.41, 5.74) is 2.50. The van der Waals surface area contributed by atoms with E-state index in [1.807, 2.05) is 13.0 Å². The number of hydrogen-bond acceptors (Lipinski definition) is 4. The largest absolute Gasteiger partial charge is 0.454 e. The third kappa shape index (κ3) is 2.96. The summed E-state index contributed by atoms with van der Waals surface area (Å²) in [6.07, 6.45) is 4.32. The lowest BCUT2D eigenvalue weighted by Crippen LogP contribution is -2.20. The van der Waals surface area contributed by atoms with Gasteiger partial charge in [0, 0.05) is 11.5 Å². The Hall–Kier alpha value is -1.39. The summed E-state index contributed by atoms with van der Waals surface area (Å²) < 4.78 is 5.34. The average molecular weight is 264 g/mol. The number of carbonyl (C=O) groups excluding carboxylic acids is 1. The van der Waals surface area contributed by atoms with Gasteiger partial charge in [0.2, 0.25) is 0 Å². The monoisotopic (exact) mass is 264 g/mol. The van der Waals surface area contributed by atoms with E-state index in [0.717, 1.165) is 24.0 Å². The summed E-state index contributed by atoms with van der Waals surface area (Å²) in [6.45, 7) is 9.78. The normalized spacial score (nSPS) is 35.4. The summed E-state index contributed by atoms with van der Waals surface area (Å²) in [6, 6.07) is 0. The van der Waals surface area contributed by atoms with Gasteiger partial charge in [-0.05, 0) is 44.3 Å². The van der Waals surface area contributed by atoms with Crippen LogP contribution in [0.3, 0.4) is 0 Å². The van der Waals surface area contributed by atoms with E-state index in [1.54, 1.807) is 0 Å². The molecule has 104 valence electrons. The van der Waals surface area contributed by atoms with Gasteiger partial charge in [-0.15, -0.1) is 0 Å². The van der Waals surface area contributed by atoms with Gasteiger partial charge in [-0.3, -0.25) is 5.26 Å². The molecule has 1 heterocycles. The number of allylic oxidation sites excluding steroid dienone is 1. The molecule has 0 aromatic rings. The Morgan fingerprint density at radius 1 is 1.37 bits per heavy atom. The van der Waals surface area contributed by atoms with Crippen LogP contribution in [0.1, 0.15) is 32.6 Å². The maximum atomic E-state index is 11.6. The van der Waals surface area contributed by atoms with E-state index in [9.17, 15) is 4.79 Å². The minimum absolute atomic E-state index is 0.00311. The van der Waals surface area contributed by atoms with Crippen molar-refractivity contribution in [2.45, 2.75) is 44.8 Å². The average Bonchev–Trinajstić information content (AvgIpc) is 2.63. The third-order valence-electron chi connectivity index (χ3n) is 3.96. The van der Waals surface area contributed by atoms with Crippen LogP contribution in [0.25, 0.3) is 0 Å². The van der Waals surface area contributed by atoms with Crippen molar-refractivity contribution in [2.75, 3.05) is 0 Å². The molecule has 0 aromatic heterocycles. The summed E-state index contributed by atoms with van der Waals surface area (Å²) in [7, 11) is 0. The molecule has 0 unspecified atom stereocenters. The Morgan fingerprint density at radius 2 is 2.11 bits per heavy atom. The van der Waals surface area contributed by atoms with Crippen LogP contribution >= 0.6 is 0 Å². The Balaban J connectivity index is 2.22. The Kier molecular flexibility index (Phi) is 4.22. The highest BCUT2D eigenvalue weighted by Gasteiger charge is 2.37. The van der Waals surface area contributed by atoms with E-state index in [-0.39, 0.29) is 24.1 Å². The van der Waals surface area contributed by atoms with Gasteiger partial charge in [0.05, 0.1) is 0 Å². The number of rotatable bonds is 1. The van der Waals surface area contributed by atoms with Crippen LogP contribution in [-0.2, 0) is 14.4 Å². The lowest BCUT2D eigenvalue weighted by Gasteiger charge is -2.22. The molecule has 2 aliphatic rings. The highest BCUT2D eigenvalue weighted by atomic mass is 17.1. The first-order valence-electron chi connectivity index (χ1n) is 6.58. The van der Waals surface area contributed by atoms with Gasteiger partial charge in [0.25, 0.3) is 0 Å². The molecule has 0 saturated carbocycles. The summed E-state index contributed by atoms with van der Waals surface area (Å²) in [5, 5.41) is 8.93. The van der Waals surface area contributed by atoms with Crippen molar-refractivity contribution < 1.29 is 19.7 Å². The molecule has 0 radical (unpaired) electrons. The second-order valence-electron chi connectivity index (χ2n) is 5.34. The van der Waals surface area contributed by atoms with Crippen LogP contribution in [0.4, 0.5) is 0 Å². The molecule has 0 amide bonds. The summed E-state index contributed by atoms with van der Waals surface area (Å²) in [5.74, 6) is -0.310. The van der Waals surface area contributed by atoms with E-state index < -0.39 is 0 Å². The first-order chi connectivity index (χ1) is 9.02. The fourth-order valence-electron chi connectivity index (χ4n) is 2.68. The van der Waals surface area contributed by atoms with Gasteiger partial charge >= 0.3 is 5.97 Å². The maximum Gasteiger partial charge on any atom is 0.334 e. The Bertz CT molecular complexity index is 435. The van der Waals surface area contributed by atoms with Crippen molar-refractivity contribution in [1.82, 2.24) is 0 Å². The molecule has 2 rings (SSSR count). The topological polar surface area (TPSA) is 55.8 Å². The molecule has 1 saturated heterocycles. The first-order valence-corrected chi connectivity index (χ1v) is 6.58. The molecule has 1 N–H and O–H groups in total. The Morgan fingerprint density at radius 3 is 2.79 bits per heavy atom. The van der Waals surface area contributed by atoms with Crippen LogP contribution in [-0.4, -0.2) is 23.4 Å². The quantitative estimate of drug-likeness (QED) is 0.260. The standard InChI is InChI=1S/C15H20O4/c1-9-4-7-13(19-17)10(2)5-6-12-11(3)15(16)18-14(12)8-9/h8,12-14,17H,2-7H2,1H3/b9-8+/t12-,13+,14+/m0/s1. The minimum Gasteiger partial charge on any atom is -0.454 e. The number of hydrogen-bond donors (Lipinski definition) is 1. The number of carbonyl (C=O) groups is 1. The molecule has 4 nitrogen and oxygen atoms in total. The summed E-state index contributed by atoms with van der Waals surface area (Å²) in [4.78, 5) is 16.1. The van der Waals surface area contributed by atoms with Gasteiger partial charge in [0.15, 0.2) is 0 Å². The van der Waals surface area contributed by atoms with Crippen molar-refractivity contribution in [1.29, 1.82) is 0 Å². The van der Waals surface area contributed by atoms with Crippen molar-refractivity contribution in [2.24, 2.45) is 5.92 Å². The van der Waals surface area contributed by atoms with E-state index in [2.05, 4.69) is 18.0 Å². The molecule has 0 spiro atoms. The minimum atomic E-state index is -0.341. The molecule has 3 atom stereocenters. The highest BCUT2D eigenvalue weighted by molar-refractivity contribution is 5.91. The molecule has 0 bridgehead atoms. The number of esters is 1. The van der Waals surface area contributed by atoms with Crippen molar-refractivity contribution in [3.8, 4) is 0 Å². The predicted octanol–water partition coefficient (Wildman–Crippen LogP) is 3.02. The van der Waals surface area contributed by atoms with Crippen molar-refractivity contribution in [3.63, 3.8) is 0 Å². The molecule has 1 aliphatic carbocycles. The van der Waals surface area contributed by atoms with Crippen LogP contribution in [0, 0.1) is 5.92 Å². The van der Waals surface area contributed by atoms with E-state index in [1.165, 1.54) is 0 Å². The molecular formula is C15H20O4. The molecule has 1 fully saturated rings. The van der Waals surface area contributed by atoms with Crippen LogP contribution in [0.15, 0.2) is 36.0 Å². The zero-order valence-corrected chi connectivity index (χ0v) is 11.2. The zero-order chi connectivity index (χ0) is 14.0. The first kappa shape index (κ1) is 14.0. The van der Waals surface area contributed by atoms with Crippen molar-refractivity contribution >= 4 is 5.97 Å². The molecular weight excluding hydrogens is 244 g/mol. The fourth-order valence-corrected chi connectivity index (χ4v) is 2.68. The third-order valence-corrected chi connectivity index (χ3v) is 3.96. The lowest BCUT2D eigenvalue weighted by atomic mass is 9.86. The summed E-state index contributed by atoms with van der Waals surface area (Å²) >= 11 is 0. The second kappa shape index (κ2) is 5.72. The predicted molar refractivity (Wildman–Crippen MR) is 71.4 cm³/mol. The molecule has 19 heavy (non-hydrogen) atoms. The molecule has 0 aromatic carbocycles. The van der Waals surface area contributed by atoms with Crippen LogP contribution in [0.2, 0.25) is 0 Å². The number of fused-ring (bicyclic) bond motifs is 1. The van der Waals surface area contributed by atoms with Crippen molar-refractivity contribution in [3.05, 3.63) is 36.0 Å². The molecule has 4 heteroatoms. The highest BCUT2D eigenvalue weighted by Crippen LogP contribution is 2.35.